The second-order valence-electron chi connectivity index (χ2n) is 5.89. The Kier molecular flexibility index (Phi) is 6.04. The van der Waals surface area contributed by atoms with Crippen molar-refractivity contribution in [2.45, 2.75) is 26.6 Å². The molecule has 0 bridgehead atoms. The highest BCUT2D eigenvalue weighted by Crippen LogP contribution is 2.14. The summed E-state index contributed by atoms with van der Waals surface area (Å²) >= 11 is 5.43. The number of quaternary nitrogens is 1. The third kappa shape index (κ3) is 4.62. The molecule has 0 saturated carbocycles. The van der Waals surface area contributed by atoms with E-state index < -0.39 is 0 Å². The molecule has 0 saturated heterocycles. The first-order valence-electron chi connectivity index (χ1n) is 7.68. The lowest BCUT2D eigenvalue weighted by atomic mass is 10.3. The molecule has 2 aromatic rings. The molecule has 130 valence electrons. The minimum atomic E-state index is -0.00318. The van der Waals surface area contributed by atoms with E-state index >= 15 is 0 Å². The van der Waals surface area contributed by atoms with Gasteiger partial charge in [0.25, 0.3) is 5.91 Å². The highest BCUT2D eigenvalue weighted by molar-refractivity contribution is 7.71. The quantitative estimate of drug-likeness (QED) is 0.676. The van der Waals surface area contributed by atoms with Gasteiger partial charge in [0, 0.05) is 6.04 Å². The predicted octanol–water partition coefficient (Wildman–Crippen LogP) is -0.196. The van der Waals surface area contributed by atoms with Gasteiger partial charge in [-0.05, 0) is 60.8 Å². The van der Waals surface area contributed by atoms with Crippen LogP contribution in [0.4, 0.5) is 0 Å². The number of nitrogens with zero attached hydrogens (tertiary/aromatic N) is 4. The Bertz CT molecular complexity index is 737. The SMILES string of the molecule is COc1ccc(-n2nnn(C[NH+](C)CC(=O)NC(C)C)c2=S)cc1. The smallest absolute Gasteiger partial charge is 0.275 e. The number of carbonyl (C=O) groups is 1. The summed E-state index contributed by atoms with van der Waals surface area (Å²) in [6.07, 6.45) is 0. The molecular weight excluding hydrogens is 328 g/mol. The van der Waals surface area contributed by atoms with Gasteiger partial charge < -0.3 is 15.0 Å². The lowest BCUT2D eigenvalue weighted by molar-refractivity contribution is -0.895. The maximum atomic E-state index is 11.8. The average Bonchev–Trinajstić information content (AvgIpc) is 2.87. The number of carbonyl (C=O) groups excluding carboxylic acids is 1. The van der Waals surface area contributed by atoms with Gasteiger partial charge in [0.05, 0.1) is 19.8 Å². The van der Waals surface area contributed by atoms with Crippen molar-refractivity contribution in [3.8, 4) is 11.4 Å². The van der Waals surface area contributed by atoms with Crippen LogP contribution < -0.4 is 15.0 Å². The highest BCUT2D eigenvalue weighted by Gasteiger charge is 2.14. The number of hydrogen-bond acceptors (Lipinski definition) is 5. The summed E-state index contributed by atoms with van der Waals surface area (Å²) < 4.78 is 8.80. The van der Waals surface area contributed by atoms with Crippen molar-refractivity contribution in [3.63, 3.8) is 0 Å². The van der Waals surface area contributed by atoms with Crippen LogP contribution in [-0.4, -0.2) is 52.4 Å². The third-order valence-corrected chi connectivity index (χ3v) is 3.67. The molecule has 1 atom stereocenters. The topological polar surface area (TPSA) is 78.4 Å². The molecule has 9 heteroatoms. The predicted molar refractivity (Wildman–Crippen MR) is 91.8 cm³/mol. The first-order valence-corrected chi connectivity index (χ1v) is 8.09. The van der Waals surface area contributed by atoms with E-state index in [4.69, 9.17) is 17.0 Å². The Morgan fingerprint density at radius 1 is 1.33 bits per heavy atom. The lowest BCUT2D eigenvalue weighted by Gasteiger charge is -2.14. The minimum absolute atomic E-state index is 0.00318. The van der Waals surface area contributed by atoms with E-state index in [-0.39, 0.29) is 11.9 Å². The Morgan fingerprint density at radius 2 is 2.00 bits per heavy atom. The lowest BCUT2D eigenvalue weighted by Crippen LogP contribution is -3.09. The van der Waals surface area contributed by atoms with Crippen LogP contribution in [0.2, 0.25) is 0 Å². The fourth-order valence-electron chi connectivity index (χ4n) is 2.22. The third-order valence-electron chi connectivity index (χ3n) is 3.29. The minimum Gasteiger partial charge on any atom is -0.497 e. The highest BCUT2D eigenvalue weighted by atomic mass is 32.1. The summed E-state index contributed by atoms with van der Waals surface area (Å²) in [5.74, 6) is 0.759. The van der Waals surface area contributed by atoms with Crippen molar-refractivity contribution in [2.75, 3.05) is 20.7 Å². The molecule has 0 spiro atoms. The summed E-state index contributed by atoms with van der Waals surface area (Å²) in [4.78, 5) is 12.8. The molecular formula is C15H23N6O2S+. The Labute approximate surface area is 146 Å². The zero-order chi connectivity index (χ0) is 17.7. The Hall–Kier alpha value is -2.26. The molecule has 8 nitrogen and oxygen atoms in total. The number of hydrogen-bond donors (Lipinski definition) is 2. The molecule has 24 heavy (non-hydrogen) atoms. The van der Waals surface area contributed by atoms with Crippen LogP contribution in [0.5, 0.6) is 5.75 Å². The van der Waals surface area contributed by atoms with Gasteiger partial charge in [0.1, 0.15) is 5.75 Å². The first-order chi connectivity index (χ1) is 11.4. The molecule has 2 N–H and O–H groups in total. The number of aromatic nitrogens is 4. The van der Waals surface area contributed by atoms with Gasteiger partial charge in [-0.1, -0.05) is 0 Å². The summed E-state index contributed by atoms with van der Waals surface area (Å²) in [6, 6.07) is 7.53. The molecule has 0 fully saturated rings. The molecule has 1 aromatic carbocycles. The van der Waals surface area contributed by atoms with Crippen LogP contribution in [-0.2, 0) is 11.5 Å². The van der Waals surface area contributed by atoms with Crippen molar-refractivity contribution in [1.82, 2.24) is 25.1 Å². The van der Waals surface area contributed by atoms with Gasteiger partial charge in [-0.3, -0.25) is 4.79 Å². The summed E-state index contributed by atoms with van der Waals surface area (Å²) in [6.45, 7) is 4.67. The molecule has 0 aliphatic rings. The monoisotopic (exact) mass is 351 g/mol. The molecule has 2 rings (SSSR count). The van der Waals surface area contributed by atoms with Gasteiger partial charge in [0.15, 0.2) is 13.2 Å². The number of tetrazole rings is 1. The Morgan fingerprint density at radius 3 is 2.58 bits per heavy atom. The van der Waals surface area contributed by atoms with E-state index in [0.29, 0.717) is 18.0 Å². The Balaban J connectivity index is 2.06. The van der Waals surface area contributed by atoms with E-state index in [1.165, 1.54) is 0 Å². The van der Waals surface area contributed by atoms with Crippen LogP contribution in [0, 0.1) is 4.77 Å². The van der Waals surface area contributed by atoms with Crippen LogP contribution in [0.15, 0.2) is 24.3 Å². The molecule has 1 amide bonds. The van der Waals surface area contributed by atoms with E-state index in [1.54, 1.807) is 16.5 Å². The van der Waals surface area contributed by atoms with Crippen molar-refractivity contribution in [1.29, 1.82) is 0 Å². The van der Waals surface area contributed by atoms with Crippen LogP contribution in [0.1, 0.15) is 13.8 Å². The molecule has 1 unspecified atom stereocenters. The second-order valence-corrected chi connectivity index (χ2v) is 6.25. The van der Waals surface area contributed by atoms with Crippen molar-refractivity contribution >= 4 is 18.1 Å². The maximum absolute atomic E-state index is 11.8. The molecule has 0 radical (unpaired) electrons. The van der Waals surface area contributed by atoms with E-state index in [9.17, 15) is 4.79 Å². The van der Waals surface area contributed by atoms with Gasteiger partial charge >= 0.3 is 0 Å². The largest absolute Gasteiger partial charge is 0.497 e. The number of methoxy groups -OCH3 is 1. The second kappa shape index (κ2) is 8.02. The summed E-state index contributed by atoms with van der Waals surface area (Å²) in [5.41, 5.74) is 0.808. The van der Waals surface area contributed by atoms with Gasteiger partial charge in [-0.25, -0.2) is 0 Å². The number of benzene rings is 1. The standard InChI is InChI=1S/C15H22N6O2S/c1-11(2)16-14(22)9-19(3)10-20-15(24)21(18-17-20)12-5-7-13(23-4)8-6-12/h5-8,11H,9-10H2,1-4H3,(H,16,22)/p+1. The van der Waals surface area contributed by atoms with Gasteiger partial charge in [-0.2, -0.15) is 9.36 Å². The van der Waals surface area contributed by atoms with Crippen LogP contribution in [0.3, 0.4) is 0 Å². The zero-order valence-corrected chi connectivity index (χ0v) is 15.1. The van der Waals surface area contributed by atoms with Gasteiger partial charge in [0.2, 0.25) is 4.77 Å². The molecule has 1 heterocycles. The van der Waals surface area contributed by atoms with Crippen molar-refractivity contribution in [2.24, 2.45) is 0 Å². The van der Waals surface area contributed by atoms with Gasteiger partial charge in [-0.15, -0.1) is 0 Å². The normalized spacial score (nSPS) is 12.2. The number of nitrogens with one attached hydrogen (secondary N) is 2. The number of ether oxygens (including phenoxy) is 1. The van der Waals surface area contributed by atoms with E-state index in [2.05, 4.69) is 15.7 Å². The molecule has 1 aromatic heterocycles. The van der Waals surface area contributed by atoms with Crippen molar-refractivity contribution < 1.29 is 14.4 Å². The number of likely N-dealkylation sites (N-methyl/N-ethyl adjacent to an activating group) is 1. The molecule has 0 aliphatic carbocycles. The number of amides is 1. The summed E-state index contributed by atoms with van der Waals surface area (Å²) in [5, 5.41) is 11.0. The number of rotatable bonds is 7. The summed E-state index contributed by atoms with van der Waals surface area (Å²) in [7, 11) is 3.53. The van der Waals surface area contributed by atoms with Crippen LogP contribution in [0.25, 0.3) is 5.69 Å². The van der Waals surface area contributed by atoms with E-state index in [0.717, 1.165) is 16.3 Å². The van der Waals surface area contributed by atoms with Crippen molar-refractivity contribution in [3.05, 3.63) is 29.0 Å². The van der Waals surface area contributed by atoms with Crippen LogP contribution >= 0.6 is 12.2 Å². The average molecular weight is 351 g/mol. The van der Waals surface area contributed by atoms with E-state index in [1.807, 2.05) is 45.2 Å². The molecule has 0 aliphatic heterocycles. The fourth-order valence-corrected chi connectivity index (χ4v) is 2.46. The maximum Gasteiger partial charge on any atom is 0.275 e. The first kappa shape index (κ1) is 18.1. The zero-order valence-electron chi connectivity index (χ0n) is 14.3. The fraction of sp³-hybridized carbons (Fsp3) is 0.467.